The molecule has 0 saturated carbocycles. The van der Waals surface area contributed by atoms with Crippen molar-refractivity contribution in [1.29, 1.82) is 0 Å². The predicted octanol–water partition coefficient (Wildman–Crippen LogP) is 1.25. The highest BCUT2D eigenvalue weighted by atomic mass is 15.3. The van der Waals surface area contributed by atoms with Crippen LogP contribution in [-0.2, 0) is 0 Å². The van der Waals surface area contributed by atoms with Gasteiger partial charge in [-0.15, -0.1) is 0 Å². The topological polar surface area (TPSA) is 79.1 Å². The van der Waals surface area contributed by atoms with Gasteiger partial charge in [0.2, 0.25) is 0 Å². The van der Waals surface area contributed by atoms with Crippen LogP contribution in [-0.4, -0.2) is 41.5 Å². The molecule has 0 amide bonds. The van der Waals surface area contributed by atoms with Crippen LogP contribution < -0.4 is 16.6 Å². The Kier molecular flexibility index (Phi) is 5.30. The molecule has 0 aromatic carbocycles. The van der Waals surface area contributed by atoms with Crippen molar-refractivity contribution in [3.05, 3.63) is 11.9 Å². The van der Waals surface area contributed by atoms with E-state index in [0.717, 1.165) is 17.9 Å². The second-order valence-corrected chi connectivity index (χ2v) is 4.98. The fraction of sp³-hybridized carbons (Fsp3) is 0.667. The first-order valence-corrected chi connectivity index (χ1v) is 6.19. The Bertz CT molecular complexity index is 377. The molecule has 6 nitrogen and oxygen atoms in total. The van der Waals surface area contributed by atoms with Crippen molar-refractivity contribution in [3.8, 4) is 0 Å². The summed E-state index contributed by atoms with van der Waals surface area (Å²) in [6.45, 7) is 7.18. The zero-order valence-corrected chi connectivity index (χ0v) is 11.9. The van der Waals surface area contributed by atoms with Crippen LogP contribution in [0.15, 0.2) is 6.33 Å². The highest BCUT2D eigenvalue weighted by Gasteiger charge is 2.15. The van der Waals surface area contributed by atoms with E-state index < -0.39 is 0 Å². The SMILES string of the molecule is CC(C)c1c(NN)ncnc1NCC(C)N(C)C. The van der Waals surface area contributed by atoms with E-state index in [2.05, 4.69) is 60.5 Å². The van der Waals surface area contributed by atoms with Crippen LogP contribution >= 0.6 is 0 Å². The first-order valence-electron chi connectivity index (χ1n) is 6.19. The minimum Gasteiger partial charge on any atom is -0.368 e. The maximum absolute atomic E-state index is 5.49. The molecule has 102 valence electrons. The summed E-state index contributed by atoms with van der Waals surface area (Å²) in [5.74, 6) is 7.31. The molecular formula is C12H24N6. The molecule has 0 radical (unpaired) electrons. The first kappa shape index (κ1) is 14.7. The van der Waals surface area contributed by atoms with E-state index >= 15 is 0 Å². The van der Waals surface area contributed by atoms with Gasteiger partial charge >= 0.3 is 0 Å². The summed E-state index contributed by atoms with van der Waals surface area (Å²) in [4.78, 5) is 10.6. The molecule has 1 rings (SSSR count). The van der Waals surface area contributed by atoms with Gasteiger partial charge in [-0.2, -0.15) is 0 Å². The van der Waals surface area contributed by atoms with E-state index in [-0.39, 0.29) is 0 Å². The standard InChI is InChI=1S/C12H24N6/c1-8(2)10-11(14-6-9(3)18(4)5)15-7-16-12(10)17-13/h7-9H,6,13H2,1-5H3,(H2,14,15,16,17). The second-order valence-electron chi connectivity index (χ2n) is 4.98. The van der Waals surface area contributed by atoms with Crippen LogP contribution in [0.3, 0.4) is 0 Å². The molecule has 0 saturated heterocycles. The van der Waals surface area contributed by atoms with E-state index in [1.54, 1.807) is 0 Å². The molecule has 1 unspecified atom stereocenters. The molecule has 4 N–H and O–H groups in total. The van der Waals surface area contributed by atoms with Gasteiger partial charge in [0.25, 0.3) is 0 Å². The van der Waals surface area contributed by atoms with Gasteiger partial charge in [-0.3, -0.25) is 0 Å². The van der Waals surface area contributed by atoms with Gasteiger partial charge in [0.15, 0.2) is 0 Å². The Morgan fingerprint density at radius 2 is 1.83 bits per heavy atom. The molecular weight excluding hydrogens is 228 g/mol. The molecule has 1 aromatic rings. The summed E-state index contributed by atoms with van der Waals surface area (Å²) < 4.78 is 0. The zero-order chi connectivity index (χ0) is 13.7. The van der Waals surface area contributed by atoms with E-state index in [1.165, 1.54) is 6.33 Å². The molecule has 6 heteroatoms. The highest BCUT2D eigenvalue weighted by molar-refractivity contribution is 5.58. The largest absolute Gasteiger partial charge is 0.368 e. The molecule has 0 bridgehead atoms. The maximum atomic E-state index is 5.49. The summed E-state index contributed by atoms with van der Waals surface area (Å²) >= 11 is 0. The summed E-state index contributed by atoms with van der Waals surface area (Å²) in [7, 11) is 4.12. The van der Waals surface area contributed by atoms with Crippen LogP contribution in [0.4, 0.5) is 11.6 Å². The number of hydrogen-bond donors (Lipinski definition) is 3. The number of nitrogen functional groups attached to an aromatic ring is 1. The molecule has 0 aliphatic heterocycles. The number of nitrogens with one attached hydrogen (secondary N) is 2. The van der Waals surface area contributed by atoms with Gasteiger partial charge in [0.05, 0.1) is 0 Å². The first-order chi connectivity index (χ1) is 8.47. The van der Waals surface area contributed by atoms with E-state index in [4.69, 9.17) is 5.84 Å². The van der Waals surface area contributed by atoms with E-state index in [0.29, 0.717) is 17.8 Å². The molecule has 0 fully saturated rings. The van der Waals surface area contributed by atoms with Crippen molar-refractivity contribution in [2.24, 2.45) is 5.84 Å². The minimum absolute atomic E-state index is 0.300. The Hall–Kier alpha value is -1.40. The van der Waals surface area contributed by atoms with Gasteiger partial charge < -0.3 is 15.6 Å². The Labute approximate surface area is 109 Å². The number of nitrogens with zero attached hydrogens (tertiary/aromatic N) is 3. The summed E-state index contributed by atoms with van der Waals surface area (Å²) in [6.07, 6.45) is 1.52. The fourth-order valence-corrected chi connectivity index (χ4v) is 1.63. The predicted molar refractivity (Wildman–Crippen MR) is 75.6 cm³/mol. The maximum Gasteiger partial charge on any atom is 0.148 e. The van der Waals surface area contributed by atoms with Gasteiger partial charge in [0.1, 0.15) is 18.0 Å². The summed E-state index contributed by atoms with van der Waals surface area (Å²) in [5.41, 5.74) is 3.65. The van der Waals surface area contributed by atoms with Gasteiger partial charge in [0, 0.05) is 18.2 Å². The highest BCUT2D eigenvalue weighted by Crippen LogP contribution is 2.27. The van der Waals surface area contributed by atoms with Gasteiger partial charge in [-0.05, 0) is 26.9 Å². The van der Waals surface area contributed by atoms with Crippen molar-refractivity contribution in [3.63, 3.8) is 0 Å². The Morgan fingerprint density at radius 1 is 1.22 bits per heavy atom. The van der Waals surface area contributed by atoms with Crippen LogP contribution in [0, 0.1) is 0 Å². The molecule has 0 aliphatic rings. The van der Waals surface area contributed by atoms with E-state index in [9.17, 15) is 0 Å². The number of aromatic nitrogens is 2. The van der Waals surface area contributed by atoms with Crippen LogP contribution in [0.2, 0.25) is 0 Å². The lowest BCUT2D eigenvalue weighted by molar-refractivity contribution is 0.326. The van der Waals surface area contributed by atoms with Crippen LogP contribution in [0.25, 0.3) is 0 Å². The lowest BCUT2D eigenvalue weighted by Crippen LogP contribution is -2.32. The van der Waals surface area contributed by atoms with Gasteiger partial charge in [-0.25, -0.2) is 15.8 Å². The third-order valence-electron chi connectivity index (χ3n) is 3.04. The van der Waals surface area contributed by atoms with Gasteiger partial charge in [-0.1, -0.05) is 13.8 Å². The van der Waals surface area contributed by atoms with Crippen molar-refractivity contribution < 1.29 is 0 Å². The number of anilines is 2. The fourth-order valence-electron chi connectivity index (χ4n) is 1.63. The van der Waals surface area contributed by atoms with Crippen LogP contribution in [0.1, 0.15) is 32.3 Å². The smallest absolute Gasteiger partial charge is 0.148 e. The van der Waals surface area contributed by atoms with Crippen molar-refractivity contribution in [2.45, 2.75) is 32.7 Å². The zero-order valence-electron chi connectivity index (χ0n) is 11.9. The lowest BCUT2D eigenvalue weighted by Gasteiger charge is -2.22. The number of nitrogens with two attached hydrogens (primary N) is 1. The summed E-state index contributed by atoms with van der Waals surface area (Å²) in [6, 6.07) is 0.425. The molecule has 18 heavy (non-hydrogen) atoms. The average molecular weight is 252 g/mol. The monoisotopic (exact) mass is 252 g/mol. The normalized spacial score (nSPS) is 12.9. The number of hydrazine groups is 1. The molecule has 0 aliphatic carbocycles. The molecule has 0 spiro atoms. The number of likely N-dealkylation sites (N-methyl/N-ethyl adjacent to an activating group) is 1. The minimum atomic E-state index is 0.300. The average Bonchev–Trinajstić information content (AvgIpc) is 2.34. The lowest BCUT2D eigenvalue weighted by atomic mass is 10.0. The molecule has 1 aromatic heterocycles. The molecule has 1 heterocycles. The van der Waals surface area contributed by atoms with Crippen LogP contribution in [0.5, 0.6) is 0 Å². The third-order valence-corrected chi connectivity index (χ3v) is 3.04. The Balaban J connectivity index is 2.88. The second kappa shape index (κ2) is 6.51. The number of rotatable bonds is 6. The molecule has 1 atom stereocenters. The summed E-state index contributed by atoms with van der Waals surface area (Å²) in [5, 5.41) is 3.36. The van der Waals surface area contributed by atoms with E-state index in [1.807, 2.05) is 0 Å². The van der Waals surface area contributed by atoms with Crippen molar-refractivity contribution in [2.75, 3.05) is 31.4 Å². The Morgan fingerprint density at radius 3 is 2.33 bits per heavy atom. The third kappa shape index (κ3) is 3.54. The van der Waals surface area contributed by atoms with Crippen molar-refractivity contribution >= 4 is 11.6 Å². The quantitative estimate of drug-likeness (QED) is 0.522. The van der Waals surface area contributed by atoms with Crippen molar-refractivity contribution in [1.82, 2.24) is 14.9 Å². The number of hydrogen-bond acceptors (Lipinski definition) is 6.